The molecule has 2 amide bonds. The van der Waals surface area contributed by atoms with Crippen LogP contribution < -0.4 is 15.4 Å². The fourth-order valence-corrected chi connectivity index (χ4v) is 2.94. The van der Waals surface area contributed by atoms with Gasteiger partial charge in [0.1, 0.15) is 17.2 Å². The summed E-state index contributed by atoms with van der Waals surface area (Å²) in [4.78, 5) is 12.3. The number of carbonyl (C=O) groups excluding carboxylic acids is 1. The molecule has 4 nitrogen and oxygen atoms in total. The summed E-state index contributed by atoms with van der Waals surface area (Å²) in [5.41, 5.74) is 0.812. The standard InChI is InChI=1S/C18H18ClFN2O2/c1-18(2)10-15(14-9-12(20)5-8-16(14)24-18)22-17(23)21-13-6-3-11(19)4-7-13/h3-9,15H,10H2,1-2H3,(H2,21,22,23)/t15-/m1/s1. The third kappa shape index (κ3) is 3.79. The number of hydrogen-bond donors (Lipinski definition) is 2. The van der Waals surface area contributed by atoms with Gasteiger partial charge in [0, 0.05) is 22.7 Å². The zero-order valence-corrected chi connectivity index (χ0v) is 14.2. The maximum absolute atomic E-state index is 13.6. The van der Waals surface area contributed by atoms with Crippen LogP contribution in [-0.4, -0.2) is 11.6 Å². The van der Waals surface area contributed by atoms with E-state index in [1.165, 1.54) is 12.1 Å². The van der Waals surface area contributed by atoms with Gasteiger partial charge in [0.25, 0.3) is 0 Å². The van der Waals surface area contributed by atoms with E-state index in [1.807, 2.05) is 13.8 Å². The lowest BCUT2D eigenvalue weighted by molar-refractivity contribution is 0.0680. The van der Waals surface area contributed by atoms with Crippen LogP contribution >= 0.6 is 11.6 Å². The Morgan fingerprint density at radius 1 is 1.25 bits per heavy atom. The van der Waals surface area contributed by atoms with E-state index in [1.54, 1.807) is 30.3 Å². The summed E-state index contributed by atoms with van der Waals surface area (Å²) in [6.45, 7) is 3.87. The van der Waals surface area contributed by atoms with Crippen LogP contribution in [0.25, 0.3) is 0 Å². The van der Waals surface area contributed by atoms with Crippen LogP contribution in [0.15, 0.2) is 42.5 Å². The second kappa shape index (κ2) is 6.32. The molecule has 3 rings (SSSR count). The van der Waals surface area contributed by atoms with E-state index in [-0.39, 0.29) is 17.9 Å². The Labute approximate surface area is 145 Å². The smallest absolute Gasteiger partial charge is 0.319 e. The molecule has 1 aliphatic heterocycles. The minimum Gasteiger partial charge on any atom is -0.487 e. The van der Waals surface area contributed by atoms with Gasteiger partial charge < -0.3 is 15.4 Å². The molecule has 0 aromatic heterocycles. The Balaban J connectivity index is 1.77. The van der Waals surface area contributed by atoms with Crippen molar-refractivity contribution < 1.29 is 13.9 Å². The quantitative estimate of drug-likeness (QED) is 0.810. The lowest BCUT2D eigenvalue weighted by Crippen LogP contribution is -2.42. The number of halogens is 2. The van der Waals surface area contributed by atoms with Gasteiger partial charge in [-0.1, -0.05) is 11.6 Å². The molecule has 0 fully saturated rings. The molecule has 24 heavy (non-hydrogen) atoms. The lowest BCUT2D eigenvalue weighted by atomic mass is 9.89. The van der Waals surface area contributed by atoms with Crippen molar-refractivity contribution in [3.05, 3.63) is 58.9 Å². The highest BCUT2D eigenvalue weighted by atomic mass is 35.5. The zero-order valence-electron chi connectivity index (χ0n) is 13.4. The van der Waals surface area contributed by atoms with Gasteiger partial charge in [-0.25, -0.2) is 9.18 Å². The molecule has 0 saturated heterocycles. The van der Waals surface area contributed by atoms with Crippen LogP contribution in [0.2, 0.25) is 5.02 Å². The predicted molar refractivity (Wildman–Crippen MR) is 92.1 cm³/mol. The number of rotatable bonds is 2. The first-order chi connectivity index (χ1) is 11.3. The molecule has 2 aromatic carbocycles. The molecule has 1 aliphatic rings. The van der Waals surface area contributed by atoms with Crippen LogP contribution in [0.1, 0.15) is 31.9 Å². The van der Waals surface area contributed by atoms with Crippen LogP contribution in [0, 0.1) is 5.82 Å². The minimum absolute atomic E-state index is 0.341. The Kier molecular flexibility index (Phi) is 4.37. The van der Waals surface area contributed by atoms with Crippen molar-refractivity contribution in [2.75, 3.05) is 5.32 Å². The number of nitrogens with one attached hydrogen (secondary N) is 2. The fraction of sp³-hybridized carbons (Fsp3) is 0.278. The molecular weight excluding hydrogens is 331 g/mol. The first kappa shape index (κ1) is 16.6. The molecule has 0 bridgehead atoms. The number of fused-ring (bicyclic) bond motifs is 1. The molecule has 1 atom stereocenters. The maximum atomic E-state index is 13.6. The highest BCUT2D eigenvalue weighted by molar-refractivity contribution is 6.30. The molecule has 0 saturated carbocycles. The Bertz CT molecular complexity index is 762. The Morgan fingerprint density at radius 3 is 2.67 bits per heavy atom. The summed E-state index contributed by atoms with van der Waals surface area (Å²) < 4.78 is 19.5. The number of carbonyl (C=O) groups is 1. The molecule has 2 N–H and O–H groups in total. The topological polar surface area (TPSA) is 50.4 Å². The minimum atomic E-state index is -0.455. The monoisotopic (exact) mass is 348 g/mol. The number of ether oxygens (including phenoxy) is 1. The van der Waals surface area contributed by atoms with Crippen molar-refractivity contribution in [2.24, 2.45) is 0 Å². The molecule has 6 heteroatoms. The van der Waals surface area contributed by atoms with E-state index in [2.05, 4.69) is 10.6 Å². The normalized spacial score (nSPS) is 18.2. The maximum Gasteiger partial charge on any atom is 0.319 e. The van der Waals surface area contributed by atoms with Crippen molar-refractivity contribution in [3.8, 4) is 5.75 Å². The van der Waals surface area contributed by atoms with Crippen LogP contribution in [0.5, 0.6) is 5.75 Å². The summed E-state index contributed by atoms with van der Waals surface area (Å²) in [5.74, 6) is 0.228. The molecule has 1 heterocycles. The number of urea groups is 1. The third-order valence-corrected chi connectivity index (χ3v) is 4.09. The summed E-state index contributed by atoms with van der Waals surface area (Å²) in [6, 6.07) is 10.5. The first-order valence-corrected chi connectivity index (χ1v) is 8.02. The lowest BCUT2D eigenvalue weighted by Gasteiger charge is -2.37. The van der Waals surface area contributed by atoms with Crippen molar-refractivity contribution in [1.29, 1.82) is 0 Å². The summed E-state index contributed by atoms with van der Waals surface area (Å²) in [5, 5.41) is 6.23. The zero-order chi connectivity index (χ0) is 17.3. The Morgan fingerprint density at radius 2 is 1.96 bits per heavy atom. The average molecular weight is 349 g/mol. The van der Waals surface area contributed by atoms with Gasteiger partial charge in [-0.2, -0.15) is 0 Å². The summed E-state index contributed by atoms with van der Waals surface area (Å²) in [7, 11) is 0. The first-order valence-electron chi connectivity index (χ1n) is 7.64. The second-order valence-electron chi connectivity index (χ2n) is 6.41. The van der Waals surface area contributed by atoms with Crippen molar-refractivity contribution in [2.45, 2.75) is 31.9 Å². The van der Waals surface area contributed by atoms with E-state index in [4.69, 9.17) is 16.3 Å². The molecule has 0 aliphatic carbocycles. The van der Waals surface area contributed by atoms with Gasteiger partial charge in [-0.3, -0.25) is 0 Å². The van der Waals surface area contributed by atoms with E-state index < -0.39 is 5.60 Å². The molecule has 0 radical (unpaired) electrons. The number of anilines is 1. The van der Waals surface area contributed by atoms with Crippen LogP contribution in [0.3, 0.4) is 0 Å². The largest absolute Gasteiger partial charge is 0.487 e. The highest BCUT2D eigenvalue weighted by Crippen LogP contribution is 2.39. The predicted octanol–water partition coefficient (Wildman–Crippen LogP) is 4.90. The van der Waals surface area contributed by atoms with Gasteiger partial charge in [0.2, 0.25) is 0 Å². The van der Waals surface area contributed by atoms with Crippen molar-refractivity contribution in [1.82, 2.24) is 5.32 Å². The average Bonchev–Trinajstić information content (AvgIpc) is 2.49. The van der Waals surface area contributed by atoms with E-state index >= 15 is 0 Å². The SMILES string of the molecule is CC1(C)C[C@@H](NC(=O)Nc2ccc(Cl)cc2)c2cc(F)ccc2O1. The molecule has 0 spiro atoms. The van der Waals surface area contributed by atoms with Crippen LogP contribution in [-0.2, 0) is 0 Å². The summed E-state index contributed by atoms with van der Waals surface area (Å²) >= 11 is 5.83. The molecular formula is C18H18ClFN2O2. The Hall–Kier alpha value is -2.27. The highest BCUT2D eigenvalue weighted by Gasteiger charge is 2.34. The van der Waals surface area contributed by atoms with Crippen molar-refractivity contribution >= 4 is 23.3 Å². The van der Waals surface area contributed by atoms with Gasteiger partial charge in [-0.15, -0.1) is 0 Å². The van der Waals surface area contributed by atoms with E-state index in [0.717, 1.165) is 0 Å². The van der Waals surface area contributed by atoms with Gasteiger partial charge in [-0.05, 0) is 56.3 Å². The summed E-state index contributed by atoms with van der Waals surface area (Å²) in [6.07, 6.45) is 0.539. The number of amides is 2. The molecule has 2 aromatic rings. The molecule has 126 valence electrons. The van der Waals surface area contributed by atoms with Gasteiger partial charge in [0.15, 0.2) is 0 Å². The van der Waals surface area contributed by atoms with Gasteiger partial charge >= 0.3 is 6.03 Å². The van der Waals surface area contributed by atoms with E-state index in [0.29, 0.717) is 28.4 Å². The third-order valence-electron chi connectivity index (χ3n) is 3.84. The van der Waals surface area contributed by atoms with E-state index in [9.17, 15) is 9.18 Å². The fourth-order valence-electron chi connectivity index (χ4n) is 2.81. The number of benzene rings is 2. The number of hydrogen-bond acceptors (Lipinski definition) is 2. The van der Waals surface area contributed by atoms with Gasteiger partial charge in [0.05, 0.1) is 6.04 Å². The van der Waals surface area contributed by atoms with Crippen molar-refractivity contribution in [3.63, 3.8) is 0 Å². The second-order valence-corrected chi connectivity index (χ2v) is 6.84. The molecule has 0 unspecified atom stereocenters. The van der Waals surface area contributed by atoms with Crippen LogP contribution in [0.4, 0.5) is 14.9 Å².